The summed E-state index contributed by atoms with van der Waals surface area (Å²) < 4.78 is 5.33. The number of esters is 1. The summed E-state index contributed by atoms with van der Waals surface area (Å²) in [6.45, 7) is 3.59. The summed E-state index contributed by atoms with van der Waals surface area (Å²) in [5.74, 6) is -0.942. The van der Waals surface area contributed by atoms with Crippen molar-refractivity contribution in [2.45, 2.75) is 20.5 Å². The van der Waals surface area contributed by atoms with E-state index in [1.165, 1.54) is 18.2 Å². The number of allylic oxidation sites excluding steroid dienone is 1. The summed E-state index contributed by atoms with van der Waals surface area (Å²) in [4.78, 5) is 22.7. The molecular weight excluding hydrogens is 365 g/mol. The van der Waals surface area contributed by atoms with E-state index in [0.717, 1.165) is 0 Å². The molecule has 0 spiro atoms. The van der Waals surface area contributed by atoms with Gasteiger partial charge >= 0.3 is 5.97 Å². The first-order chi connectivity index (χ1) is 10.6. The number of ether oxygens (including phenoxy) is 1. The topological polar surface area (TPSA) is 69.4 Å². The molecule has 2 rings (SSSR count). The molecule has 0 bridgehead atoms. The maximum Gasteiger partial charge on any atom is 0.310 e. The van der Waals surface area contributed by atoms with Crippen molar-refractivity contribution in [1.82, 2.24) is 0 Å². The second-order valence-electron chi connectivity index (χ2n) is 5.92. The minimum Gasteiger partial charge on any atom is -0.460 e. The molecule has 1 aromatic rings. The number of nitro benzene ring substituents is 1. The molecule has 0 saturated heterocycles. The molecule has 124 valence electrons. The fraction of sp³-hybridized carbons (Fsp3) is 0.400. The maximum absolute atomic E-state index is 12.2. The molecule has 1 aromatic carbocycles. The number of halogens is 3. The average Bonchev–Trinajstić information content (AvgIpc) is 2.96. The van der Waals surface area contributed by atoms with Crippen LogP contribution in [0, 0.1) is 27.4 Å². The number of benzene rings is 1. The highest BCUT2D eigenvalue weighted by Crippen LogP contribution is 2.60. The molecular formula is C15H14Cl3NO4. The largest absolute Gasteiger partial charge is 0.460 e. The molecule has 8 heteroatoms. The van der Waals surface area contributed by atoms with Crippen LogP contribution in [0.2, 0.25) is 5.02 Å². The average molecular weight is 379 g/mol. The molecule has 1 fully saturated rings. The van der Waals surface area contributed by atoms with E-state index in [0.29, 0.717) is 5.02 Å². The summed E-state index contributed by atoms with van der Waals surface area (Å²) in [7, 11) is 0. The van der Waals surface area contributed by atoms with Gasteiger partial charge in [0.25, 0.3) is 5.69 Å². The highest BCUT2D eigenvalue weighted by molar-refractivity contribution is 6.55. The van der Waals surface area contributed by atoms with Gasteiger partial charge in [-0.05, 0) is 29.5 Å². The van der Waals surface area contributed by atoms with Gasteiger partial charge in [-0.3, -0.25) is 14.9 Å². The summed E-state index contributed by atoms with van der Waals surface area (Å²) in [6, 6.07) is 4.11. The van der Waals surface area contributed by atoms with Crippen LogP contribution in [0.5, 0.6) is 0 Å². The van der Waals surface area contributed by atoms with Crippen LogP contribution in [0.25, 0.3) is 0 Å². The fourth-order valence-corrected chi connectivity index (χ4v) is 3.13. The Hall–Kier alpha value is -1.30. The third kappa shape index (κ3) is 3.97. The standard InChI is InChI=1S/C15H14Cl3NO4/c1-15(2)10(6-12(17)18)13(15)14(20)23-7-8-5-9(16)3-4-11(8)19(21)22/h3-6,10,13H,7H2,1-2H3. The highest BCUT2D eigenvalue weighted by Gasteiger charge is 2.61. The Bertz CT molecular complexity index is 683. The van der Waals surface area contributed by atoms with Gasteiger partial charge in [-0.25, -0.2) is 0 Å². The first-order valence-corrected chi connectivity index (χ1v) is 7.90. The van der Waals surface area contributed by atoms with Gasteiger partial charge in [0.05, 0.1) is 16.4 Å². The predicted octanol–water partition coefficient (Wildman–Crippen LogP) is 4.88. The summed E-state index contributed by atoms with van der Waals surface area (Å²) in [6.07, 6.45) is 1.61. The lowest BCUT2D eigenvalue weighted by atomic mass is 10.1. The highest BCUT2D eigenvalue weighted by atomic mass is 35.5. The summed E-state index contributed by atoms with van der Waals surface area (Å²) in [5, 5.41) is 11.3. The van der Waals surface area contributed by atoms with Crippen LogP contribution in [0.4, 0.5) is 5.69 Å². The van der Waals surface area contributed by atoms with E-state index in [1.807, 2.05) is 13.8 Å². The first kappa shape index (κ1) is 18.0. The quantitative estimate of drug-likeness (QED) is 0.416. The van der Waals surface area contributed by atoms with E-state index in [2.05, 4.69) is 0 Å². The SMILES string of the molecule is CC1(C)C(C=C(Cl)Cl)C1C(=O)OCc1cc(Cl)ccc1[N+](=O)[O-]. The Balaban J connectivity index is 2.08. The molecule has 23 heavy (non-hydrogen) atoms. The molecule has 5 nitrogen and oxygen atoms in total. The van der Waals surface area contributed by atoms with Crippen LogP contribution < -0.4 is 0 Å². The predicted molar refractivity (Wildman–Crippen MR) is 88.5 cm³/mol. The zero-order chi connectivity index (χ0) is 17.4. The molecule has 0 radical (unpaired) electrons. The zero-order valence-electron chi connectivity index (χ0n) is 12.4. The number of carbonyl (C=O) groups is 1. The van der Waals surface area contributed by atoms with E-state index in [-0.39, 0.29) is 39.6 Å². The molecule has 0 heterocycles. The molecule has 1 saturated carbocycles. The molecule has 2 atom stereocenters. The van der Waals surface area contributed by atoms with Gasteiger partial charge in [0.15, 0.2) is 0 Å². The second-order valence-corrected chi connectivity index (χ2v) is 7.36. The van der Waals surface area contributed by atoms with Crippen molar-refractivity contribution in [3.63, 3.8) is 0 Å². The van der Waals surface area contributed by atoms with Crippen LogP contribution in [-0.4, -0.2) is 10.9 Å². The summed E-state index contributed by atoms with van der Waals surface area (Å²) >= 11 is 17.1. The van der Waals surface area contributed by atoms with E-state index in [9.17, 15) is 14.9 Å². The number of rotatable bonds is 5. The number of hydrogen-bond donors (Lipinski definition) is 0. The Kier molecular flexibility index (Phi) is 5.23. The Morgan fingerprint density at radius 2 is 2.09 bits per heavy atom. The molecule has 1 aliphatic carbocycles. The second kappa shape index (κ2) is 6.67. The Labute approximate surface area is 148 Å². The first-order valence-electron chi connectivity index (χ1n) is 6.77. The minimum atomic E-state index is -0.542. The Morgan fingerprint density at radius 1 is 1.43 bits per heavy atom. The lowest BCUT2D eigenvalue weighted by molar-refractivity contribution is -0.385. The molecule has 0 amide bonds. The maximum atomic E-state index is 12.2. The van der Waals surface area contributed by atoms with Crippen LogP contribution >= 0.6 is 34.8 Å². The number of nitro groups is 1. The van der Waals surface area contributed by atoms with Crippen LogP contribution in [0.3, 0.4) is 0 Å². The van der Waals surface area contributed by atoms with E-state index >= 15 is 0 Å². The molecule has 1 aliphatic rings. The number of hydrogen-bond acceptors (Lipinski definition) is 4. The number of nitrogens with zero attached hydrogens (tertiary/aromatic N) is 1. The molecule has 0 N–H and O–H groups in total. The van der Waals surface area contributed by atoms with Gasteiger partial charge in [0.1, 0.15) is 11.1 Å². The number of carbonyl (C=O) groups excluding carboxylic acids is 1. The Morgan fingerprint density at radius 3 is 2.65 bits per heavy atom. The zero-order valence-corrected chi connectivity index (χ0v) is 14.7. The van der Waals surface area contributed by atoms with Crippen molar-refractivity contribution in [3.8, 4) is 0 Å². The lowest BCUT2D eigenvalue weighted by Crippen LogP contribution is -2.11. The third-order valence-corrected chi connectivity index (χ3v) is 4.57. The van der Waals surface area contributed by atoms with Gasteiger partial charge < -0.3 is 4.74 Å². The van der Waals surface area contributed by atoms with Gasteiger partial charge in [-0.2, -0.15) is 0 Å². The van der Waals surface area contributed by atoms with Crippen molar-refractivity contribution in [1.29, 1.82) is 0 Å². The van der Waals surface area contributed by atoms with Crippen LogP contribution in [0.1, 0.15) is 19.4 Å². The minimum absolute atomic E-state index is 0.101. The normalized spacial score (nSPS) is 21.4. The van der Waals surface area contributed by atoms with Crippen molar-refractivity contribution in [2.75, 3.05) is 0 Å². The molecule has 0 aliphatic heterocycles. The van der Waals surface area contributed by atoms with E-state index in [1.54, 1.807) is 6.08 Å². The van der Waals surface area contributed by atoms with Gasteiger partial charge in [-0.1, -0.05) is 48.7 Å². The van der Waals surface area contributed by atoms with Gasteiger partial charge in [-0.15, -0.1) is 0 Å². The smallest absolute Gasteiger partial charge is 0.310 e. The molecule has 2 unspecified atom stereocenters. The van der Waals surface area contributed by atoms with Gasteiger partial charge in [0, 0.05) is 11.1 Å². The van der Waals surface area contributed by atoms with Crippen molar-refractivity contribution < 1.29 is 14.5 Å². The van der Waals surface area contributed by atoms with Crippen LogP contribution in [0.15, 0.2) is 28.8 Å². The monoisotopic (exact) mass is 377 g/mol. The van der Waals surface area contributed by atoms with Gasteiger partial charge in [0.2, 0.25) is 0 Å². The van der Waals surface area contributed by atoms with Crippen LogP contribution in [-0.2, 0) is 16.1 Å². The van der Waals surface area contributed by atoms with Crippen molar-refractivity contribution in [2.24, 2.45) is 17.3 Å². The fourth-order valence-electron chi connectivity index (χ4n) is 2.66. The lowest BCUT2D eigenvalue weighted by Gasteiger charge is -2.07. The van der Waals surface area contributed by atoms with Crippen molar-refractivity contribution >= 4 is 46.5 Å². The van der Waals surface area contributed by atoms with Crippen molar-refractivity contribution in [3.05, 3.63) is 49.5 Å². The van der Waals surface area contributed by atoms with E-state index in [4.69, 9.17) is 39.5 Å². The third-order valence-electron chi connectivity index (χ3n) is 4.08. The molecule has 0 aromatic heterocycles. The summed E-state index contributed by atoms with van der Waals surface area (Å²) in [5.41, 5.74) is -0.207. The van der Waals surface area contributed by atoms with E-state index < -0.39 is 10.9 Å².